The average Bonchev–Trinajstić information content (AvgIpc) is 2.45. The normalized spacial score (nSPS) is 9.16. The smallest absolute Gasteiger partial charge is 0.252 e. The molecule has 5 heteroatoms. The monoisotopic (exact) mass is 260 g/mol. The number of aliphatic hydroxyl groups is 1. The molecule has 1 rings (SSSR count). The summed E-state index contributed by atoms with van der Waals surface area (Å²) in [6, 6.07) is 6.85. The first-order valence-electron chi connectivity index (χ1n) is 5.86. The standard InChI is InChI=1S/C14H16N2O3/c1-15-13(18)8-9-16-14(19)12-7-3-2-5-11(12)6-4-10-17/h2-3,5,7,17H,8-10H2,1H3,(H,15,18)(H,16,19). The molecule has 5 nitrogen and oxygen atoms in total. The van der Waals surface area contributed by atoms with Crippen molar-refractivity contribution in [3.63, 3.8) is 0 Å². The van der Waals surface area contributed by atoms with Gasteiger partial charge in [-0.15, -0.1) is 0 Å². The van der Waals surface area contributed by atoms with Crippen LogP contribution in [0.3, 0.4) is 0 Å². The van der Waals surface area contributed by atoms with Gasteiger partial charge in [0.2, 0.25) is 5.91 Å². The largest absolute Gasteiger partial charge is 0.384 e. The molecule has 0 unspecified atom stereocenters. The summed E-state index contributed by atoms with van der Waals surface area (Å²) < 4.78 is 0. The molecule has 0 saturated heterocycles. The summed E-state index contributed by atoms with van der Waals surface area (Å²) in [6.45, 7) is 0.00684. The number of carbonyl (C=O) groups excluding carboxylic acids is 2. The second-order valence-electron chi connectivity index (χ2n) is 3.68. The van der Waals surface area contributed by atoms with E-state index in [9.17, 15) is 9.59 Å². The van der Waals surface area contributed by atoms with E-state index in [0.717, 1.165) is 0 Å². The highest BCUT2D eigenvalue weighted by Gasteiger charge is 2.09. The molecule has 0 saturated carbocycles. The summed E-state index contributed by atoms with van der Waals surface area (Å²) in [5, 5.41) is 13.8. The van der Waals surface area contributed by atoms with Crippen LogP contribution in [-0.4, -0.2) is 37.1 Å². The Bertz CT molecular complexity index is 515. The lowest BCUT2D eigenvalue weighted by Gasteiger charge is -2.06. The van der Waals surface area contributed by atoms with Crippen molar-refractivity contribution in [1.82, 2.24) is 10.6 Å². The lowest BCUT2D eigenvalue weighted by Crippen LogP contribution is -2.29. The number of rotatable bonds is 4. The molecular formula is C14H16N2O3. The molecule has 0 aliphatic heterocycles. The van der Waals surface area contributed by atoms with Gasteiger partial charge in [-0.25, -0.2) is 0 Å². The second kappa shape index (κ2) is 7.90. The van der Waals surface area contributed by atoms with Gasteiger partial charge in [0, 0.05) is 25.6 Å². The van der Waals surface area contributed by atoms with Crippen molar-refractivity contribution >= 4 is 11.8 Å². The van der Waals surface area contributed by atoms with E-state index in [-0.39, 0.29) is 31.4 Å². The summed E-state index contributed by atoms with van der Waals surface area (Å²) in [6.07, 6.45) is 0.229. The van der Waals surface area contributed by atoms with Crippen molar-refractivity contribution in [3.8, 4) is 11.8 Å². The minimum absolute atomic E-state index is 0.131. The van der Waals surface area contributed by atoms with Gasteiger partial charge in [0.1, 0.15) is 6.61 Å². The molecule has 0 aliphatic carbocycles. The Balaban J connectivity index is 2.69. The topological polar surface area (TPSA) is 78.4 Å². The van der Waals surface area contributed by atoms with Crippen molar-refractivity contribution in [2.45, 2.75) is 6.42 Å². The molecule has 0 fully saturated rings. The van der Waals surface area contributed by atoms with Crippen LogP contribution in [0.5, 0.6) is 0 Å². The van der Waals surface area contributed by atoms with Crippen LogP contribution >= 0.6 is 0 Å². The van der Waals surface area contributed by atoms with Gasteiger partial charge in [-0.2, -0.15) is 0 Å². The number of amides is 2. The first kappa shape index (κ1) is 14.7. The average molecular weight is 260 g/mol. The Hall–Kier alpha value is -2.32. The van der Waals surface area contributed by atoms with Gasteiger partial charge in [-0.3, -0.25) is 9.59 Å². The highest BCUT2D eigenvalue weighted by atomic mass is 16.2. The number of hydrogen-bond acceptors (Lipinski definition) is 3. The van der Waals surface area contributed by atoms with Gasteiger partial charge in [0.05, 0.1) is 5.56 Å². The molecular weight excluding hydrogens is 244 g/mol. The van der Waals surface area contributed by atoms with Crippen LogP contribution in [0.4, 0.5) is 0 Å². The van der Waals surface area contributed by atoms with Gasteiger partial charge < -0.3 is 15.7 Å². The highest BCUT2D eigenvalue weighted by Crippen LogP contribution is 2.07. The molecule has 0 aliphatic rings. The fourth-order valence-electron chi connectivity index (χ4n) is 1.43. The van der Waals surface area contributed by atoms with Crippen molar-refractivity contribution in [2.24, 2.45) is 0 Å². The van der Waals surface area contributed by atoms with E-state index < -0.39 is 0 Å². The Morgan fingerprint density at radius 2 is 2.05 bits per heavy atom. The number of aliphatic hydroxyl groups excluding tert-OH is 1. The Morgan fingerprint density at radius 3 is 2.74 bits per heavy atom. The van der Waals surface area contributed by atoms with Crippen LogP contribution < -0.4 is 10.6 Å². The van der Waals surface area contributed by atoms with E-state index in [1.807, 2.05) is 0 Å². The maximum absolute atomic E-state index is 11.9. The minimum atomic E-state index is -0.285. The predicted octanol–water partition coefficient (Wildman–Crippen LogP) is -0.104. The van der Waals surface area contributed by atoms with Crippen LogP contribution in [0.2, 0.25) is 0 Å². The highest BCUT2D eigenvalue weighted by molar-refractivity contribution is 5.96. The molecule has 0 atom stereocenters. The SMILES string of the molecule is CNC(=O)CCNC(=O)c1ccccc1C#CCO. The molecule has 100 valence electrons. The molecule has 19 heavy (non-hydrogen) atoms. The van der Waals surface area contributed by atoms with Crippen molar-refractivity contribution < 1.29 is 14.7 Å². The van der Waals surface area contributed by atoms with E-state index in [4.69, 9.17) is 5.11 Å². The number of hydrogen-bond donors (Lipinski definition) is 3. The third-order valence-corrected chi connectivity index (χ3v) is 2.39. The van der Waals surface area contributed by atoms with E-state index in [0.29, 0.717) is 11.1 Å². The van der Waals surface area contributed by atoms with Gasteiger partial charge >= 0.3 is 0 Å². The minimum Gasteiger partial charge on any atom is -0.384 e. The zero-order chi connectivity index (χ0) is 14.1. The van der Waals surface area contributed by atoms with E-state index >= 15 is 0 Å². The van der Waals surface area contributed by atoms with Crippen LogP contribution in [0, 0.1) is 11.8 Å². The Labute approximate surface area is 112 Å². The molecule has 3 N–H and O–H groups in total. The summed E-state index contributed by atoms with van der Waals surface area (Å²) in [5.74, 6) is 4.80. The van der Waals surface area contributed by atoms with Gasteiger partial charge in [0.15, 0.2) is 0 Å². The fourth-order valence-corrected chi connectivity index (χ4v) is 1.43. The maximum atomic E-state index is 11.9. The van der Waals surface area contributed by atoms with Gasteiger partial charge in [-0.1, -0.05) is 24.0 Å². The summed E-state index contributed by atoms with van der Waals surface area (Å²) in [4.78, 5) is 23.0. The Kier molecular flexibility index (Phi) is 6.13. The van der Waals surface area contributed by atoms with Crippen LogP contribution in [0.15, 0.2) is 24.3 Å². The molecule has 0 heterocycles. The van der Waals surface area contributed by atoms with Crippen molar-refractivity contribution in [2.75, 3.05) is 20.2 Å². The van der Waals surface area contributed by atoms with Gasteiger partial charge in [-0.05, 0) is 12.1 Å². The molecule has 0 radical (unpaired) electrons. The van der Waals surface area contributed by atoms with E-state index in [1.54, 1.807) is 31.3 Å². The van der Waals surface area contributed by atoms with Crippen LogP contribution in [-0.2, 0) is 4.79 Å². The number of nitrogens with one attached hydrogen (secondary N) is 2. The third kappa shape index (κ3) is 4.82. The van der Waals surface area contributed by atoms with Crippen molar-refractivity contribution in [1.29, 1.82) is 0 Å². The molecule has 0 spiro atoms. The first-order valence-corrected chi connectivity index (χ1v) is 5.86. The zero-order valence-corrected chi connectivity index (χ0v) is 10.7. The van der Waals surface area contributed by atoms with Crippen LogP contribution in [0.1, 0.15) is 22.3 Å². The summed E-state index contributed by atoms with van der Waals surface area (Å²) >= 11 is 0. The molecule has 2 amide bonds. The molecule has 0 aromatic heterocycles. The van der Waals surface area contributed by atoms with E-state index in [1.165, 1.54) is 0 Å². The summed E-state index contributed by atoms with van der Waals surface area (Å²) in [5.41, 5.74) is 0.981. The summed E-state index contributed by atoms with van der Waals surface area (Å²) in [7, 11) is 1.55. The number of carbonyl (C=O) groups is 2. The third-order valence-electron chi connectivity index (χ3n) is 2.39. The number of benzene rings is 1. The molecule has 1 aromatic carbocycles. The van der Waals surface area contributed by atoms with Gasteiger partial charge in [0.25, 0.3) is 5.91 Å². The van der Waals surface area contributed by atoms with Crippen molar-refractivity contribution in [3.05, 3.63) is 35.4 Å². The lowest BCUT2D eigenvalue weighted by molar-refractivity contribution is -0.120. The quantitative estimate of drug-likeness (QED) is 0.661. The molecule has 1 aromatic rings. The van der Waals surface area contributed by atoms with Crippen LogP contribution in [0.25, 0.3) is 0 Å². The second-order valence-corrected chi connectivity index (χ2v) is 3.68. The van der Waals surface area contributed by atoms with E-state index in [2.05, 4.69) is 22.5 Å². The lowest BCUT2D eigenvalue weighted by atomic mass is 10.1. The molecule has 0 bridgehead atoms. The first-order chi connectivity index (χ1) is 9.19. The predicted molar refractivity (Wildman–Crippen MR) is 71.4 cm³/mol. The Morgan fingerprint density at radius 1 is 1.32 bits per heavy atom. The maximum Gasteiger partial charge on any atom is 0.252 e. The zero-order valence-electron chi connectivity index (χ0n) is 10.7. The fraction of sp³-hybridized carbons (Fsp3) is 0.286.